The minimum absolute atomic E-state index is 0.250. The molecule has 0 bridgehead atoms. The highest BCUT2D eigenvalue weighted by Gasteiger charge is 2.20. The Morgan fingerprint density at radius 1 is 1.12 bits per heavy atom. The molecule has 5 nitrogen and oxygen atoms in total. The van der Waals surface area contributed by atoms with E-state index in [1.807, 2.05) is 18.7 Å². The van der Waals surface area contributed by atoms with Crippen LogP contribution in [0.25, 0.3) is 0 Å². The van der Waals surface area contributed by atoms with Gasteiger partial charge in [0, 0.05) is 39.3 Å². The molecule has 0 radical (unpaired) electrons. The lowest BCUT2D eigenvalue weighted by Gasteiger charge is -2.31. The standard InChI is InChI=1S/C10H19N3O2.C2H6/c14-10(13-5-7-15-8-6-13)9-12-3-1-11-2-4-12;1-2/h11H,1-9H2;1-2H3. The lowest BCUT2D eigenvalue weighted by Crippen LogP contribution is -2.50. The monoisotopic (exact) mass is 243 g/mol. The number of nitrogens with one attached hydrogen (secondary N) is 1. The van der Waals surface area contributed by atoms with Crippen molar-refractivity contribution in [1.29, 1.82) is 0 Å². The lowest BCUT2D eigenvalue weighted by molar-refractivity contribution is -0.136. The van der Waals surface area contributed by atoms with Gasteiger partial charge in [-0.15, -0.1) is 0 Å². The summed E-state index contributed by atoms with van der Waals surface area (Å²) in [6, 6.07) is 0. The number of carbonyl (C=O) groups is 1. The summed E-state index contributed by atoms with van der Waals surface area (Å²) in [5, 5.41) is 3.28. The van der Waals surface area contributed by atoms with E-state index in [0.29, 0.717) is 19.8 Å². The summed E-state index contributed by atoms with van der Waals surface area (Å²) in [7, 11) is 0. The van der Waals surface area contributed by atoms with Crippen molar-refractivity contribution in [3.05, 3.63) is 0 Å². The second-order valence-corrected chi connectivity index (χ2v) is 4.02. The molecule has 5 heteroatoms. The van der Waals surface area contributed by atoms with Gasteiger partial charge in [0.1, 0.15) is 0 Å². The molecular weight excluding hydrogens is 218 g/mol. The van der Waals surface area contributed by atoms with Crippen molar-refractivity contribution in [2.45, 2.75) is 13.8 Å². The Labute approximate surface area is 104 Å². The molecule has 0 unspecified atom stereocenters. The van der Waals surface area contributed by atoms with Gasteiger partial charge in [-0.3, -0.25) is 9.69 Å². The Kier molecular flexibility index (Phi) is 7.16. The summed E-state index contributed by atoms with van der Waals surface area (Å²) in [5.74, 6) is 0.250. The smallest absolute Gasteiger partial charge is 0.236 e. The highest BCUT2D eigenvalue weighted by molar-refractivity contribution is 5.78. The summed E-state index contributed by atoms with van der Waals surface area (Å²) in [5.41, 5.74) is 0. The average molecular weight is 243 g/mol. The molecule has 2 rings (SSSR count). The van der Waals surface area contributed by atoms with Crippen LogP contribution in [0, 0.1) is 0 Å². The Balaban J connectivity index is 0.000000686. The van der Waals surface area contributed by atoms with Gasteiger partial charge in [-0.2, -0.15) is 0 Å². The molecule has 2 aliphatic heterocycles. The van der Waals surface area contributed by atoms with Crippen LogP contribution in [0.1, 0.15) is 13.8 Å². The van der Waals surface area contributed by atoms with Gasteiger partial charge < -0.3 is 15.0 Å². The molecule has 1 amide bonds. The molecule has 0 saturated carbocycles. The van der Waals surface area contributed by atoms with E-state index in [2.05, 4.69) is 10.2 Å². The SMILES string of the molecule is CC.O=C(CN1CCNCC1)N1CCOCC1. The third-order valence-electron chi connectivity index (χ3n) is 2.93. The largest absolute Gasteiger partial charge is 0.378 e. The van der Waals surface area contributed by atoms with Crippen LogP contribution in [-0.2, 0) is 9.53 Å². The first kappa shape index (κ1) is 14.4. The summed E-state index contributed by atoms with van der Waals surface area (Å²) in [6.45, 7) is 11.4. The van der Waals surface area contributed by atoms with Crippen LogP contribution in [0.2, 0.25) is 0 Å². The molecule has 2 saturated heterocycles. The van der Waals surface area contributed by atoms with Gasteiger partial charge in [0.15, 0.2) is 0 Å². The molecular formula is C12H25N3O2. The Morgan fingerprint density at radius 3 is 2.29 bits per heavy atom. The summed E-state index contributed by atoms with van der Waals surface area (Å²) in [6.07, 6.45) is 0. The third-order valence-corrected chi connectivity index (χ3v) is 2.93. The van der Waals surface area contributed by atoms with Gasteiger partial charge >= 0.3 is 0 Å². The predicted octanol–water partition coefficient (Wildman–Crippen LogP) is -0.223. The first-order valence-electron chi connectivity index (χ1n) is 6.65. The molecule has 0 aromatic rings. The number of rotatable bonds is 2. The molecule has 2 fully saturated rings. The number of piperazine rings is 1. The molecule has 0 spiro atoms. The highest BCUT2D eigenvalue weighted by Crippen LogP contribution is 2.00. The maximum atomic E-state index is 11.9. The van der Waals surface area contributed by atoms with E-state index in [0.717, 1.165) is 39.3 Å². The fraction of sp³-hybridized carbons (Fsp3) is 0.917. The van der Waals surface area contributed by atoms with Crippen LogP contribution in [-0.4, -0.2) is 74.7 Å². The molecule has 0 atom stereocenters. The van der Waals surface area contributed by atoms with Gasteiger partial charge in [-0.1, -0.05) is 13.8 Å². The Morgan fingerprint density at radius 2 is 1.71 bits per heavy atom. The van der Waals surface area contributed by atoms with Crippen molar-refractivity contribution in [2.75, 3.05) is 59.0 Å². The summed E-state index contributed by atoms with van der Waals surface area (Å²) in [4.78, 5) is 16.0. The maximum absolute atomic E-state index is 11.9. The van der Waals surface area contributed by atoms with Crippen molar-refractivity contribution in [3.63, 3.8) is 0 Å². The molecule has 2 aliphatic rings. The number of hydrogen-bond acceptors (Lipinski definition) is 4. The van der Waals surface area contributed by atoms with Gasteiger partial charge in [-0.25, -0.2) is 0 Å². The Hall–Kier alpha value is -0.650. The zero-order valence-corrected chi connectivity index (χ0v) is 11.1. The molecule has 17 heavy (non-hydrogen) atoms. The summed E-state index contributed by atoms with van der Waals surface area (Å²) >= 11 is 0. The first-order chi connectivity index (χ1) is 8.36. The van der Waals surface area contributed by atoms with E-state index in [-0.39, 0.29) is 5.91 Å². The quantitative estimate of drug-likeness (QED) is 0.728. The van der Waals surface area contributed by atoms with Crippen LogP contribution in [0.3, 0.4) is 0 Å². The Bertz CT molecular complexity index is 212. The fourth-order valence-electron chi connectivity index (χ4n) is 1.97. The normalized spacial score (nSPS) is 21.6. The van der Waals surface area contributed by atoms with Crippen molar-refractivity contribution >= 4 is 5.91 Å². The fourth-order valence-corrected chi connectivity index (χ4v) is 1.97. The van der Waals surface area contributed by atoms with Crippen LogP contribution >= 0.6 is 0 Å². The minimum atomic E-state index is 0.250. The third kappa shape index (κ3) is 5.02. The van der Waals surface area contributed by atoms with Gasteiger partial charge in [0.25, 0.3) is 0 Å². The van der Waals surface area contributed by atoms with Crippen molar-refractivity contribution in [3.8, 4) is 0 Å². The number of carbonyl (C=O) groups excluding carboxylic acids is 1. The van der Waals surface area contributed by atoms with E-state index in [4.69, 9.17) is 4.74 Å². The summed E-state index contributed by atoms with van der Waals surface area (Å²) < 4.78 is 5.22. The maximum Gasteiger partial charge on any atom is 0.236 e. The molecule has 100 valence electrons. The van der Waals surface area contributed by atoms with Crippen LogP contribution < -0.4 is 5.32 Å². The molecule has 0 aliphatic carbocycles. The zero-order chi connectivity index (χ0) is 12.5. The van der Waals surface area contributed by atoms with Crippen LogP contribution in [0.5, 0.6) is 0 Å². The number of nitrogens with zero attached hydrogens (tertiary/aromatic N) is 2. The zero-order valence-electron chi connectivity index (χ0n) is 11.1. The average Bonchev–Trinajstić information content (AvgIpc) is 2.43. The van der Waals surface area contributed by atoms with E-state index in [9.17, 15) is 4.79 Å². The lowest BCUT2D eigenvalue weighted by atomic mass is 10.3. The van der Waals surface area contributed by atoms with Gasteiger partial charge in [-0.05, 0) is 0 Å². The van der Waals surface area contributed by atoms with Crippen molar-refractivity contribution in [2.24, 2.45) is 0 Å². The van der Waals surface area contributed by atoms with Crippen LogP contribution in [0.4, 0.5) is 0 Å². The molecule has 0 aromatic carbocycles. The van der Waals surface area contributed by atoms with Crippen LogP contribution in [0.15, 0.2) is 0 Å². The second-order valence-electron chi connectivity index (χ2n) is 4.02. The highest BCUT2D eigenvalue weighted by atomic mass is 16.5. The predicted molar refractivity (Wildman–Crippen MR) is 68.1 cm³/mol. The number of ether oxygens (including phenoxy) is 1. The second kappa shape index (κ2) is 8.44. The minimum Gasteiger partial charge on any atom is -0.378 e. The van der Waals surface area contributed by atoms with Crippen molar-refractivity contribution < 1.29 is 9.53 Å². The van der Waals surface area contributed by atoms with E-state index >= 15 is 0 Å². The van der Waals surface area contributed by atoms with Gasteiger partial charge in [0.05, 0.1) is 19.8 Å². The van der Waals surface area contributed by atoms with E-state index < -0.39 is 0 Å². The first-order valence-corrected chi connectivity index (χ1v) is 6.65. The van der Waals surface area contributed by atoms with E-state index in [1.54, 1.807) is 0 Å². The van der Waals surface area contributed by atoms with Gasteiger partial charge in [0.2, 0.25) is 5.91 Å². The number of morpholine rings is 1. The molecule has 2 heterocycles. The number of hydrogen-bond donors (Lipinski definition) is 1. The molecule has 1 N–H and O–H groups in total. The topological polar surface area (TPSA) is 44.8 Å². The van der Waals surface area contributed by atoms with Crippen molar-refractivity contribution in [1.82, 2.24) is 15.1 Å². The number of amides is 1. The molecule has 0 aromatic heterocycles. The van der Waals surface area contributed by atoms with E-state index in [1.165, 1.54) is 0 Å².